The zero-order valence-electron chi connectivity index (χ0n) is 10.8. The van der Waals surface area contributed by atoms with Crippen LogP contribution in [0.1, 0.15) is 42.6 Å². The van der Waals surface area contributed by atoms with E-state index in [0.717, 1.165) is 5.56 Å². The SMILES string of the molecule is CC(=O)C(C)c1nc(Cc2ccc(C)cc2)no1. The van der Waals surface area contributed by atoms with Gasteiger partial charge in [-0.1, -0.05) is 35.0 Å². The highest BCUT2D eigenvalue weighted by atomic mass is 16.5. The van der Waals surface area contributed by atoms with Crippen LogP contribution in [0.4, 0.5) is 0 Å². The van der Waals surface area contributed by atoms with Crippen LogP contribution >= 0.6 is 0 Å². The number of carbonyl (C=O) groups excluding carboxylic acids is 1. The maximum Gasteiger partial charge on any atom is 0.236 e. The first kappa shape index (κ1) is 12.5. The molecule has 0 bridgehead atoms. The van der Waals surface area contributed by atoms with Gasteiger partial charge in [0, 0.05) is 6.42 Å². The molecule has 2 rings (SSSR count). The maximum absolute atomic E-state index is 11.2. The van der Waals surface area contributed by atoms with Gasteiger partial charge in [0.15, 0.2) is 5.82 Å². The number of ketones is 1. The number of hydrogen-bond donors (Lipinski definition) is 0. The molecule has 0 fully saturated rings. The number of aromatic nitrogens is 2. The van der Waals surface area contributed by atoms with Crippen LogP contribution in [0.2, 0.25) is 0 Å². The molecule has 1 aromatic carbocycles. The van der Waals surface area contributed by atoms with Gasteiger partial charge in [0.1, 0.15) is 5.78 Å². The van der Waals surface area contributed by atoms with Crippen molar-refractivity contribution in [1.82, 2.24) is 10.1 Å². The summed E-state index contributed by atoms with van der Waals surface area (Å²) in [6.45, 7) is 5.34. The van der Waals surface area contributed by atoms with Crippen molar-refractivity contribution < 1.29 is 9.32 Å². The zero-order valence-corrected chi connectivity index (χ0v) is 10.8. The molecule has 4 nitrogen and oxygen atoms in total. The van der Waals surface area contributed by atoms with Crippen molar-refractivity contribution >= 4 is 5.78 Å². The van der Waals surface area contributed by atoms with Crippen LogP contribution in [0.3, 0.4) is 0 Å². The van der Waals surface area contributed by atoms with E-state index < -0.39 is 0 Å². The van der Waals surface area contributed by atoms with Crippen molar-refractivity contribution in [2.75, 3.05) is 0 Å². The van der Waals surface area contributed by atoms with Gasteiger partial charge in [-0.15, -0.1) is 0 Å². The Morgan fingerprint density at radius 2 is 2.00 bits per heavy atom. The van der Waals surface area contributed by atoms with E-state index in [1.807, 2.05) is 19.1 Å². The molecule has 0 radical (unpaired) electrons. The Bertz CT molecular complexity index is 543. The lowest BCUT2D eigenvalue weighted by atomic mass is 10.1. The molecule has 0 saturated carbocycles. The number of nitrogens with zero attached hydrogens (tertiary/aromatic N) is 2. The molecular formula is C14H16N2O2. The Kier molecular flexibility index (Phi) is 3.55. The molecule has 1 heterocycles. The smallest absolute Gasteiger partial charge is 0.236 e. The Labute approximate surface area is 106 Å². The molecule has 0 amide bonds. The summed E-state index contributed by atoms with van der Waals surface area (Å²) < 4.78 is 5.10. The van der Waals surface area contributed by atoms with Crippen molar-refractivity contribution in [2.45, 2.75) is 33.1 Å². The van der Waals surface area contributed by atoms with E-state index in [9.17, 15) is 4.79 Å². The predicted molar refractivity (Wildman–Crippen MR) is 67.4 cm³/mol. The molecule has 0 N–H and O–H groups in total. The fourth-order valence-corrected chi connectivity index (χ4v) is 1.58. The van der Waals surface area contributed by atoms with Gasteiger partial charge in [0.05, 0.1) is 5.92 Å². The maximum atomic E-state index is 11.2. The average Bonchev–Trinajstić information content (AvgIpc) is 2.79. The molecule has 0 aliphatic rings. The summed E-state index contributed by atoms with van der Waals surface area (Å²) in [5.74, 6) is 0.705. The Morgan fingerprint density at radius 1 is 1.33 bits per heavy atom. The van der Waals surface area contributed by atoms with Crippen molar-refractivity contribution in [2.24, 2.45) is 0 Å². The second kappa shape index (κ2) is 5.12. The summed E-state index contributed by atoms with van der Waals surface area (Å²) in [7, 11) is 0. The van der Waals surface area contributed by atoms with E-state index in [1.165, 1.54) is 12.5 Å². The monoisotopic (exact) mass is 244 g/mol. The third-order valence-electron chi connectivity index (χ3n) is 2.95. The number of benzene rings is 1. The predicted octanol–water partition coefficient (Wildman–Crippen LogP) is 2.66. The second-order valence-corrected chi connectivity index (χ2v) is 4.54. The lowest BCUT2D eigenvalue weighted by Gasteiger charge is -1.99. The quantitative estimate of drug-likeness (QED) is 0.829. The molecule has 4 heteroatoms. The van der Waals surface area contributed by atoms with E-state index in [2.05, 4.69) is 22.3 Å². The summed E-state index contributed by atoms with van der Waals surface area (Å²) in [5, 5.41) is 3.90. The number of rotatable bonds is 4. The first-order chi connectivity index (χ1) is 8.56. The van der Waals surface area contributed by atoms with Crippen LogP contribution in [0, 0.1) is 6.92 Å². The van der Waals surface area contributed by atoms with Gasteiger partial charge in [-0.2, -0.15) is 4.98 Å². The van der Waals surface area contributed by atoms with Crippen LogP contribution in [-0.4, -0.2) is 15.9 Å². The minimum absolute atomic E-state index is 0.0283. The van der Waals surface area contributed by atoms with E-state index in [1.54, 1.807) is 6.92 Å². The lowest BCUT2D eigenvalue weighted by Crippen LogP contribution is -2.04. The molecule has 0 saturated heterocycles. The van der Waals surface area contributed by atoms with Crippen molar-refractivity contribution in [3.8, 4) is 0 Å². The molecule has 18 heavy (non-hydrogen) atoms. The molecule has 94 valence electrons. The largest absolute Gasteiger partial charge is 0.339 e. The average molecular weight is 244 g/mol. The lowest BCUT2D eigenvalue weighted by molar-refractivity contribution is -0.118. The highest BCUT2D eigenvalue weighted by molar-refractivity contribution is 5.81. The molecule has 1 unspecified atom stereocenters. The first-order valence-electron chi connectivity index (χ1n) is 5.94. The van der Waals surface area contributed by atoms with Gasteiger partial charge in [-0.25, -0.2) is 0 Å². The van der Waals surface area contributed by atoms with Gasteiger partial charge >= 0.3 is 0 Å². The number of Topliss-reactive ketones (excluding diaryl/α,β-unsaturated/α-hetero) is 1. The minimum Gasteiger partial charge on any atom is -0.339 e. The highest BCUT2D eigenvalue weighted by Crippen LogP contribution is 2.15. The van der Waals surface area contributed by atoms with E-state index in [-0.39, 0.29) is 11.7 Å². The third kappa shape index (κ3) is 2.83. The summed E-state index contributed by atoms with van der Waals surface area (Å²) in [6, 6.07) is 8.18. The van der Waals surface area contributed by atoms with Crippen LogP contribution in [0.5, 0.6) is 0 Å². The van der Waals surface area contributed by atoms with E-state index in [4.69, 9.17) is 4.52 Å². The van der Waals surface area contributed by atoms with Gasteiger partial charge in [0.2, 0.25) is 5.89 Å². The van der Waals surface area contributed by atoms with Crippen molar-refractivity contribution in [1.29, 1.82) is 0 Å². The third-order valence-corrected chi connectivity index (χ3v) is 2.95. The topological polar surface area (TPSA) is 56.0 Å². The van der Waals surface area contributed by atoms with E-state index >= 15 is 0 Å². The second-order valence-electron chi connectivity index (χ2n) is 4.54. The molecule has 0 aliphatic heterocycles. The van der Waals surface area contributed by atoms with Crippen LogP contribution in [0.15, 0.2) is 28.8 Å². The minimum atomic E-state index is -0.329. The Hall–Kier alpha value is -1.97. The Morgan fingerprint density at radius 3 is 2.61 bits per heavy atom. The summed E-state index contributed by atoms with van der Waals surface area (Å²) in [5.41, 5.74) is 2.35. The van der Waals surface area contributed by atoms with Gasteiger partial charge in [-0.05, 0) is 26.3 Å². The number of aryl methyl sites for hydroxylation is 1. The molecular weight excluding hydrogens is 228 g/mol. The van der Waals surface area contributed by atoms with Crippen molar-refractivity contribution in [3.05, 3.63) is 47.1 Å². The molecule has 1 atom stereocenters. The van der Waals surface area contributed by atoms with E-state index in [0.29, 0.717) is 18.1 Å². The molecule has 1 aromatic heterocycles. The fourth-order valence-electron chi connectivity index (χ4n) is 1.58. The summed E-state index contributed by atoms with van der Waals surface area (Å²) >= 11 is 0. The van der Waals surface area contributed by atoms with Crippen LogP contribution in [0.25, 0.3) is 0 Å². The first-order valence-corrected chi connectivity index (χ1v) is 5.94. The standard InChI is InChI=1S/C14H16N2O2/c1-9-4-6-12(7-5-9)8-13-15-14(18-16-13)10(2)11(3)17/h4-7,10H,8H2,1-3H3. The molecule has 0 aliphatic carbocycles. The fraction of sp³-hybridized carbons (Fsp3) is 0.357. The number of hydrogen-bond acceptors (Lipinski definition) is 4. The molecule has 2 aromatic rings. The zero-order chi connectivity index (χ0) is 13.1. The highest BCUT2D eigenvalue weighted by Gasteiger charge is 2.18. The van der Waals surface area contributed by atoms with Gasteiger partial charge in [0.25, 0.3) is 0 Å². The molecule has 0 spiro atoms. The van der Waals surface area contributed by atoms with Crippen molar-refractivity contribution in [3.63, 3.8) is 0 Å². The van der Waals surface area contributed by atoms with Crippen LogP contribution < -0.4 is 0 Å². The van der Waals surface area contributed by atoms with Gasteiger partial charge < -0.3 is 4.52 Å². The summed E-state index contributed by atoms with van der Waals surface area (Å²) in [6.07, 6.45) is 0.619. The van der Waals surface area contributed by atoms with Crippen LogP contribution in [-0.2, 0) is 11.2 Å². The van der Waals surface area contributed by atoms with Gasteiger partial charge in [-0.3, -0.25) is 4.79 Å². The number of carbonyl (C=O) groups is 1. The summed E-state index contributed by atoms with van der Waals surface area (Å²) in [4.78, 5) is 15.5. The normalized spacial score (nSPS) is 12.4. The Balaban J connectivity index is 2.11.